The highest BCUT2D eigenvalue weighted by molar-refractivity contribution is 5.41. The van der Waals surface area contributed by atoms with Crippen molar-refractivity contribution < 1.29 is 13.5 Å². The third kappa shape index (κ3) is 2.93. The molecular weight excluding hydrogens is 292 g/mol. The minimum absolute atomic E-state index is 0.00263. The number of fused-ring (bicyclic) bond motifs is 1. The van der Waals surface area contributed by atoms with Crippen LogP contribution >= 0.6 is 0 Å². The third-order valence-electron chi connectivity index (χ3n) is 3.54. The van der Waals surface area contributed by atoms with Crippen molar-refractivity contribution in [2.24, 2.45) is 0 Å². The number of nitrogens with zero attached hydrogens (tertiary/aromatic N) is 2. The van der Waals surface area contributed by atoms with Crippen LogP contribution in [0.5, 0.6) is 5.88 Å². The Balaban J connectivity index is 1.78. The maximum Gasteiger partial charge on any atom is 0.352 e. The van der Waals surface area contributed by atoms with Crippen molar-refractivity contribution in [2.45, 2.75) is 32.5 Å². The maximum absolute atomic E-state index is 13.1. The second-order valence-electron chi connectivity index (χ2n) is 5.29. The van der Waals surface area contributed by atoms with E-state index in [1.807, 2.05) is 6.92 Å². The molecule has 0 amide bonds. The van der Waals surface area contributed by atoms with Crippen molar-refractivity contribution in [3.63, 3.8) is 0 Å². The Labute approximate surface area is 125 Å². The molecule has 22 heavy (non-hydrogen) atoms. The number of ether oxygens (including phenoxy) is 1. The van der Waals surface area contributed by atoms with Crippen LogP contribution in [0.1, 0.15) is 18.9 Å². The fraction of sp³-hybridized carbons (Fsp3) is 0.333. The van der Waals surface area contributed by atoms with Crippen LogP contribution in [0.15, 0.2) is 29.1 Å². The number of rotatable bonds is 3. The SMILES string of the molecule is CC1CCn2c(cc(OCc3ccc(F)c(F)c3)nc2=O)N1. The van der Waals surface area contributed by atoms with Gasteiger partial charge in [0.2, 0.25) is 5.88 Å². The molecule has 0 radical (unpaired) electrons. The van der Waals surface area contributed by atoms with Gasteiger partial charge in [-0.15, -0.1) is 0 Å². The standard InChI is InChI=1S/C15H15F2N3O2/c1-9-4-5-20-13(18-9)7-14(19-15(20)21)22-8-10-2-3-11(16)12(17)6-10/h2-3,6-7,9,18H,4-5,8H2,1H3. The van der Waals surface area contributed by atoms with Crippen LogP contribution in [0.2, 0.25) is 0 Å². The van der Waals surface area contributed by atoms with E-state index >= 15 is 0 Å². The lowest BCUT2D eigenvalue weighted by Crippen LogP contribution is -2.34. The molecule has 0 saturated heterocycles. The molecular formula is C15H15F2N3O2. The summed E-state index contributed by atoms with van der Waals surface area (Å²) in [5.41, 5.74) is 0.0667. The Morgan fingerprint density at radius 2 is 2.18 bits per heavy atom. The normalized spacial score (nSPS) is 16.8. The fourth-order valence-corrected chi connectivity index (χ4v) is 2.33. The molecule has 5 nitrogen and oxygen atoms in total. The molecule has 1 atom stereocenters. The zero-order valence-corrected chi connectivity index (χ0v) is 12.0. The van der Waals surface area contributed by atoms with Crippen LogP contribution in [0, 0.1) is 11.6 Å². The molecule has 3 rings (SSSR count). The molecule has 0 spiro atoms. The van der Waals surface area contributed by atoms with E-state index in [-0.39, 0.29) is 18.5 Å². The first kappa shape index (κ1) is 14.5. The summed E-state index contributed by atoms with van der Waals surface area (Å²) in [6.45, 7) is 2.64. The van der Waals surface area contributed by atoms with E-state index < -0.39 is 17.3 Å². The number of halogens is 2. The number of aromatic nitrogens is 2. The molecule has 2 heterocycles. The van der Waals surface area contributed by atoms with Crippen LogP contribution in [0.25, 0.3) is 0 Å². The Hall–Kier alpha value is -2.44. The van der Waals surface area contributed by atoms with E-state index in [1.165, 1.54) is 6.07 Å². The summed E-state index contributed by atoms with van der Waals surface area (Å²) in [5.74, 6) is -1.04. The van der Waals surface area contributed by atoms with E-state index in [0.29, 0.717) is 17.9 Å². The molecule has 1 aliphatic rings. The van der Waals surface area contributed by atoms with Gasteiger partial charge in [-0.3, -0.25) is 4.57 Å². The first-order chi connectivity index (χ1) is 10.5. The van der Waals surface area contributed by atoms with Gasteiger partial charge in [0.05, 0.1) is 0 Å². The summed E-state index contributed by atoms with van der Waals surface area (Å²) < 4.78 is 32.9. The third-order valence-corrected chi connectivity index (χ3v) is 3.54. The summed E-state index contributed by atoms with van der Waals surface area (Å²) in [6, 6.07) is 5.41. The Morgan fingerprint density at radius 3 is 2.95 bits per heavy atom. The molecule has 1 aromatic carbocycles. The highest BCUT2D eigenvalue weighted by Gasteiger charge is 2.17. The van der Waals surface area contributed by atoms with E-state index in [1.54, 1.807) is 10.6 Å². The summed E-state index contributed by atoms with van der Waals surface area (Å²) in [5, 5.41) is 3.19. The second-order valence-corrected chi connectivity index (χ2v) is 5.29. The van der Waals surface area contributed by atoms with E-state index in [0.717, 1.165) is 18.6 Å². The van der Waals surface area contributed by atoms with E-state index in [4.69, 9.17) is 4.74 Å². The molecule has 1 N–H and O–H groups in total. The van der Waals surface area contributed by atoms with E-state index in [2.05, 4.69) is 10.3 Å². The lowest BCUT2D eigenvalue weighted by molar-refractivity contribution is 0.289. The quantitative estimate of drug-likeness (QED) is 0.945. The van der Waals surface area contributed by atoms with Crippen LogP contribution in [0.4, 0.5) is 14.6 Å². The van der Waals surface area contributed by atoms with Crippen molar-refractivity contribution in [1.29, 1.82) is 0 Å². The lowest BCUT2D eigenvalue weighted by atomic mass is 10.2. The lowest BCUT2D eigenvalue weighted by Gasteiger charge is -2.25. The average molecular weight is 307 g/mol. The number of nitrogens with one attached hydrogen (secondary N) is 1. The zero-order chi connectivity index (χ0) is 15.7. The van der Waals surface area contributed by atoms with E-state index in [9.17, 15) is 13.6 Å². The van der Waals surface area contributed by atoms with Gasteiger partial charge in [0, 0.05) is 18.7 Å². The van der Waals surface area contributed by atoms with Crippen LogP contribution in [-0.4, -0.2) is 15.6 Å². The molecule has 2 aromatic rings. The predicted molar refractivity (Wildman–Crippen MR) is 76.9 cm³/mol. The van der Waals surface area contributed by atoms with Crippen LogP contribution < -0.4 is 15.7 Å². The maximum atomic E-state index is 13.1. The Morgan fingerprint density at radius 1 is 1.36 bits per heavy atom. The molecule has 1 unspecified atom stereocenters. The van der Waals surface area contributed by atoms with Crippen molar-refractivity contribution >= 4 is 5.82 Å². The summed E-state index contributed by atoms with van der Waals surface area (Å²) in [6.07, 6.45) is 0.851. The van der Waals surface area contributed by atoms with Gasteiger partial charge in [-0.1, -0.05) is 6.07 Å². The van der Waals surface area contributed by atoms with Gasteiger partial charge in [-0.2, -0.15) is 4.98 Å². The van der Waals surface area contributed by atoms with Crippen molar-refractivity contribution in [2.75, 3.05) is 5.32 Å². The second kappa shape index (κ2) is 5.75. The summed E-state index contributed by atoms with van der Waals surface area (Å²) in [4.78, 5) is 15.8. The molecule has 0 bridgehead atoms. The van der Waals surface area contributed by atoms with Gasteiger partial charge in [-0.25, -0.2) is 13.6 Å². The summed E-state index contributed by atoms with van der Waals surface area (Å²) >= 11 is 0. The smallest absolute Gasteiger partial charge is 0.352 e. The predicted octanol–water partition coefficient (Wildman–Crippen LogP) is 2.30. The number of hydrogen-bond donors (Lipinski definition) is 1. The topological polar surface area (TPSA) is 56.2 Å². The minimum Gasteiger partial charge on any atom is -0.473 e. The number of hydrogen-bond acceptors (Lipinski definition) is 4. The number of anilines is 1. The fourth-order valence-electron chi connectivity index (χ4n) is 2.33. The van der Waals surface area contributed by atoms with Gasteiger partial charge >= 0.3 is 5.69 Å². The van der Waals surface area contributed by atoms with Gasteiger partial charge in [0.1, 0.15) is 12.4 Å². The minimum atomic E-state index is -0.935. The van der Waals surface area contributed by atoms with Crippen LogP contribution in [-0.2, 0) is 13.2 Å². The first-order valence-corrected chi connectivity index (χ1v) is 6.98. The van der Waals surface area contributed by atoms with Crippen LogP contribution in [0.3, 0.4) is 0 Å². The molecule has 116 valence electrons. The van der Waals surface area contributed by atoms with Gasteiger partial charge < -0.3 is 10.1 Å². The highest BCUT2D eigenvalue weighted by Crippen LogP contribution is 2.20. The highest BCUT2D eigenvalue weighted by atomic mass is 19.2. The molecule has 7 heteroatoms. The Kier molecular flexibility index (Phi) is 3.79. The van der Waals surface area contributed by atoms with Crippen molar-refractivity contribution in [3.8, 4) is 5.88 Å². The largest absolute Gasteiger partial charge is 0.473 e. The summed E-state index contributed by atoms with van der Waals surface area (Å²) in [7, 11) is 0. The van der Waals surface area contributed by atoms with Crippen molar-refractivity contribution in [1.82, 2.24) is 9.55 Å². The molecule has 1 aliphatic heterocycles. The van der Waals surface area contributed by atoms with Gasteiger partial charge in [0.25, 0.3) is 0 Å². The molecule has 0 aliphatic carbocycles. The Bertz CT molecular complexity index is 761. The van der Waals surface area contributed by atoms with Gasteiger partial charge in [-0.05, 0) is 31.0 Å². The van der Waals surface area contributed by atoms with Gasteiger partial charge in [0.15, 0.2) is 11.6 Å². The molecule has 0 saturated carbocycles. The molecule has 0 fully saturated rings. The first-order valence-electron chi connectivity index (χ1n) is 6.98. The number of benzene rings is 1. The molecule has 1 aromatic heterocycles. The zero-order valence-electron chi connectivity index (χ0n) is 12.0. The van der Waals surface area contributed by atoms with Crippen molar-refractivity contribution in [3.05, 3.63) is 51.9 Å². The monoisotopic (exact) mass is 307 g/mol. The average Bonchev–Trinajstić information content (AvgIpc) is 2.48.